The number of carbonyl (C=O) groups is 1. The normalized spacial score (nSPS) is 29.3. The van der Waals surface area contributed by atoms with E-state index in [1.807, 2.05) is 0 Å². The number of aliphatic hydroxyl groups excluding tert-OH is 2. The number of aliphatic imine (C=N–C) groups is 3. The molecule has 1 saturated carbocycles. The number of rotatable bonds is 12. The number of phenols is 2. The van der Waals surface area contributed by atoms with Crippen LogP contribution in [0.1, 0.15) is 54.9 Å². The number of nitrogens with one attached hydrogen (secondary N) is 1. The Hall–Kier alpha value is -6.53. The second-order valence-corrected chi connectivity index (χ2v) is 15.8. The molecule has 7 unspecified atom stereocenters. The van der Waals surface area contributed by atoms with Crippen LogP contribution in [0.2, 0.25) is 0 Å². The van der Waals surface area contributed by atoms with Crippen molar-refractivity contribution < 1.29 is 64.2 Å². The zero-order valence-corrected chi connectivity index (χ0v) is 32.4. The summed E-state index contributed by atoms with van der Waals surface area (Å²) < 4.78 is 31.1. The van der Waals surface area contributed by atoms with Gasteiger partial charge in [0.05, 0.1) is 24.8 Å². The van der Waals surface area contributed by atoms with Crippen molar-refractivity contribution in [1.82, 2.24) is 0 Å². The van der Waals surface area contributed by atoms with Crippen LogP contribution in [0.25, 0.3) is 5.76 Å². The quantitative estimate of drug-likeness (QED) is 0.118. The molecule has 3 aromatic rings. The fraction of sp³-hybridized carbons (Fsp3) is 0.341. The molecule has 0 spiro atoms. The molecule has 2 bridgehead atoms. The zero-order valence-electron chi connectivity index (χ0n) is 32.4. The summed E-state index contributed by atoms with van der Waals surface area (Å²) in [6.07, 6.45) is 4.00. The van der Waals surface area contributed by atoms with Crippen LogP contribution in [-0.4, -0.2) is 108 Å². The third-order valence-corrected chi connectivity index (χ3v) is 12.0. The molecule has 0 radical (unpaired) electrons. The van der Waals surface area contributed by atoms with Crippen LogP contribution in [0, 0.1) is 11.3 Å². The predicted octanol–water partition coefficient (Wildman–Crippen LogP) is 4.42. The highest BCUT2D eigenvalue weighted by Crippen LogP contribution is 2.56. The molecule has 316 valence electrons. The first-order valence-electron chi connectivity index (χ1n) is 19.7. The highest BCUT2D eigenvalue weighted by molar-refractivity contribution is 6.14. The van der Waals surface area contributed by atoms with Crippen molar-refractivity contribution in [1.29, 1.82) is 5.41 Å². The van der Waals surface area contributed by atoms with Gasteiger partial charge in [-0.1, -0.05) is 30.3 Å². The van der Waals surface area contributed by atoms with Gasteiger partial charge in [-0.3, -0.25) is 10.4 Å². The number of aromatic hydroxyl groups is 2. The molecule has 9 rings (SSSR count). The third-order valence-electron chi connectivity index (χ3n) is 12.0. The van der Waals surface area contributed by atoms with E-state index in [0.29, 0.717) is 55.6 Å². The number of phenolic OH excluding ortho intramolecular Hbond substituents is 2. The number of benzene rings is 3. The molecule has 61 heavy (non-hydrogen) atoms. The van der Waals surface area contributed by atoms with Crippen molar-refractivity contribution in [3.63, 3.8) is 0 Å². The Balaban J connectivity index is 1.08. The van der Waals surface area contributed by atoms with Gasteiger partial charge in [0.2, 0.25) is 12.0 Å². The summed E-state index contributed by atoms with van der Waals surface area (Å²) in [6.45, 7) is 0.347. The molecule has 3 aromatic carbocycles. The zero-order chi connectivity index (χ0) is 42.7. The maximum Gasteiger partial charge on any atom is 0.336 e. The van der Waals surface area contributed by atoms with Crippen LogP contribution in [0.3, 0.4) is 0 Å². The van der Waals surface area contributed by atoms with E-state index in [4.69, 9.17) is 29.1 Å². The van der Waals surface area contributed by atoms with Gasteiger partial charge >= 0.3 is 5.97 Å². The molecule has 0 amide bonds. The number of aliphatic carboxylic acids is 1. The number of nitrogens with zero attached hydrogens (tertiary/aromatic N) is 3. The molecule has 4 heterocycles. The fourth-order valence-electron chi connectivity index (χ4n) is 8.88. The standard InChI is InChI=1S/C44H42N4O13/c45-34-11-8-25(48-34)13-17-57-27-9-6-23(7-10-27)31-19-30(50)35-32(58-31)20-33(37(36(35)51)61-42(14-1-2-15-42)24-4-3-5-26(49)18-24)59-41-43(55)16-12-28(29-21-46-22-47-29)44(56,40(43)54)38(60-41)39(52)53/h3-12,16,18-20,22,28,31,38,40-41,45,49-51,54-56H,1-2,13-15,17,21H2,(H,52,53). The number of fused-ring (bicyclic) bond motifs is 3. The Kier molecular flexibility index (Phi) is 9.93. The molecule has 17 nitrogen and oxygen atoms in total. The Morgan fingerprint density at radius 2 is 1.80 bits per heavy atom. The summed E-state index contributed by atoms with van der Waals surface area (Å²) in [5, 5.41) is 87.8. The minimum atomic E-state index is -2.62. The maximum atomic E-state index is 12.8. The summed E-state index contributed by atoms with van der Waals surface area (Å²) in [5.41, 5.74) is -4.32. The monoisotopic (exact) mass is 834 g/mol. The summed E-state index contributed by atoms with van der Waals surface area (Å²) in [6, 6.07) is 14.7. The molecule has 2 aliphatic carbocycles. The van der Waals surface area contributed by atoms with Crippen molar-refractivity contribution >= 4 is 35.3 Å². The van der Waals surface area contributed by atoms with Crippen LogP contribution < -0.4 is 18.9 Å². The number of amidine groups is 1. The molecule has 4 aliphatic heterocycles. The second-order valence-electron chi connectivity index (χ2n) is 15.8. The number of hydrogen-bond acceptors (Lipinski definition) is 15. The van der Waals surface area contributed by atoms with Gasteiger partial charge in [0.15, 0.2) is 23.2 Å². The van der Waals surface area contributed by atoms with E-state index in [1.165, 1.54) is 30.6 Å². The van der Waals surface area contributed by atoms with Crippen molar-refractivity contribution in [3.8, 4) is 34.5 Å². The Labute approximate surface area is 348 Å². The van der Waals surface area contributed by atoms with Crippen molar-refractivity contribution in [2.24, 2.45) is 20.9 Å². The summed E-state index contributed by atoms with van der Waals surface area (Å²) in [5.74, 6) is -3.90. The lowest BCUT2D eigenvalue weighted by Gasteiger charge is -2.55. The van der Waals surface area contributed by atoms with Crippen molar-refractivity contribution in [2.75, 3.05) is 13.2 Å². The molecule has 1 saturated heterocycles. The van der Waals surface area contributed by atoms with E-state index in [1.54, 1.807) is 54.6 Å². The summed E-state index contributed by atoms with van der Waals surface area (Å²) >= 11 is 0. The topological polar surface area (TPSA) is 266 Å². The molecule has 0 aromatic heterocycles. The number of carboxylic acid groups (broad SMARTS) is 1. The first-order chi connectivity index (χ1) is 29.3. The predicted molar refractivity (Wildman–Crippen MR) is 218 cm³/mol. The molecular formula is C44H42N4O13. The average molecular weight is 835 g/mol. The maximum absolute atomic E-state index is 12.8. The van der Waals surface area contributed by atoms with E-state index in [-0.39, 0.29) is 52.4 Å². The first-order valence-corrected chi connectivity index (χ1v) is 19.7. The second kappa shape index (κ2) is 15.2. The Morgan fingerprint density at radius 3 is 2.49 bits per heavy atom. The highest BCUT2D eigenvalue weighted by Gasteiger charge is 2.70. The van der Waals surface area contributed by atoms with E-state index in [9.17, 15) is 40.5 Å². The average Bonchev–Trinajstić information content (AvgIpc) is 4.03. The molecule has 17 heteroatoms. The van der Waals surface area contributed by atoms with E-state index in [0.717, 1.165) is 11.8 Å². The SMILES string of the molecule is N=C1C=CC(CCOc2ccc(C3C=C(O)c4c(cc(OC5OC(C(=O)O)C6(O)C(C7=NC=NC7)C=CC5(O)C6O)c(OC5(c6cccc(O)c6)CCCC5)c4O)O3)cc2)=N1. The van der Waals surface area contributed by atoms with Gasteiger partial charge in [-0.05, 0) is 79.3 Å². The van der Waals surface area contributed by atoms with Crippen LogP contribution in [0.15, 0.2) is 100.0 Å². The minimum Gasteiger partial charge on any atom is -0.508 e. The number of allylic oxidation sites excluding steroid dienone is 1. The molecule has 7 atom stereocenters. The largest absolute Gasteiger partial charge is 0.508 e. The number of aliphatic hydroxyl groups is 4. The van der Waals surface area contributed by atoms with Crippen LogP contribution in [0.5, 0.6) is 34.5 Å². The van der Waals surface area contributed by atoms with Crippen molar-refractivity contribution in [2.45, 2.75) is 73.5 Å². The lowest BCUT2D eigenvalue weighted by atomic mass is 9.64. The Bertz CT molecular complexity index is 2470. The lowest BCUT2D eigenvalue weighted by molar-refractivity contribution is -0.337. The van der Waals surface area contributed by atoms with Crippen molar-refractivity contribution in [3.05, 3.63) is 102 Å². The first kappa shape index (κ1) is 39.9. The molecule has 8 N–H and O–H groups in total. The minimum absolute atomic E-state index is 0.0201. The third kappa shape index (κ3) is 6.88. The van der Waals surface area contributed by atoms with E-state index < -0.39 is 59.0 Å². The summed E-state index contributed by atoms with van der Waals surface area (Å²) in [7, 11) is 0. The van der Waals surface area contributed by atoms with Crippen LogP contribution in [-0.2, 0) is 15.1 Å². The van der Waals surface area contributed by atoms with Gasteiger partial charge in [-0.15, -0.1) is 0 Å². The smallest absolute Gasteiger partial charge is 0.336 e. The van der Waals surface area contributed by atoms with Gasteiger partial charge < -0.3 is 59.4 Å². The molecule has 2 fully saturated rings. The van der Waals surface area contributed by atoms with Gasteiger partial charge in [0, 0.05) is 24.3 Å². The Morgan fingerprint density at radius 1 is 1.02 bits per heavy atom. The van der Waals surface area contributed by atoms with Gasteiger partial charge in [0.1, 0.15) is 64.2 Å². The molecule has 6 aliphatic rings. The van der Waals surface area contributed by atoms with E-state index >= 15 is 0 Å². The van der Waals surface area contributed by atoms with Crippen LogP contribution in [0.4, 0.5) is 0 Å². The highest BCUT2D eigenvalue weighted by atomic mass is 16.7. The van der Waals surface area contributed by atoms with Gasteiger partial charge in [0.25, 0.3) is 0 Å². The van der Waals surface area contributed by atoms with E-state index in [2.05, 4.69) is 15.0 Å². The van der Waals surface area contributed by atoms with Gasteiger partial charge in [-0.2, -0.15) is 0 Å². The fourth-order valence-corrected chi connectivity index (χ4v) is 8.88. The number of carboxylic acids is 1. The summed E-state index contributed by atoms with van der Waals surface area (Å²) in [4.78, 5) is 25.0. The number of hydrogen-bond donors (Lipinski definition) is 8. The number of ether oxygens (including phenoxy) is 5. The van der Waals surface area contributed by atoms with Crippen LogP contribution >= 0.6 is 0 Å². The lowest BCUT2D eigenvalue weighted by Crippen LogP contribution is -2.78. The molecular weight excluding hydrogens is 792 g/mol. The van der Waals surface area contributed by atoms with Gasteiger partial charge in [-0.25, -0.2) is 14.8 Å².